The van der Waals surface area contributed by atoms with Crippen molar-refractivity contribution < 1.29 is 9.85 Å². The van der Waals surface area contributed by atoms with Gasteiger partial charge >= 0.3 is 6.34 Å². The maximum atomic E-state index is 10.3. The summed E-state index contributed by atoms with van der Waals surface area (Å²) in [6, 6.07) is 5.33. The van der Waals surface area contributed by atoms with E-state index >= 15 is 0 Å². The number of nitrogens with zero attached hydrogens (tertiary/aromatic N) is 3. The van der Waals surface area contributed by atoms with Gasteiger partial charge in [0.1, 0.15) is 0 Å². The monoisotopic (exact) mass is 210 g/mol. The molecule has 1 N–H and O–H groups in total. The fraction of sp³-hybridized carbons (Fsp3) is 0. The molecule has 1 rings (SSSR count). The minimum atomic E-state index is -0.724. The van der Waals surface area contributed by atoms with Crippen molar-refractivity contribution in [3.63, 3.8) is 0 Å². The van der Waals surface area contributed by atoms with E-state index in [-0.39, 0.29) is 5.69 Å². The van der Waals surface area contributed by atoms with Gasteiger partial charge in [-0.1, -0.05) is 0 Å². The molecular formula is C7H6N4O4. The third-order valence-electron chi connectivity index (χ3n) is 1.42. The third-order valence-corrected chi connectivity index (χ3v) is 1.42. The van der Waals surface area contributed by atoms with E-state index in [1.807, 2.05) is 0 Å². The van der Waals surface area contributed by atoms with Crippen molar-refractivity contribution in [2.75, 3.05) is 5.43 Å². The van der Waals surface area contributed by atoms with Crippen LogP contribution >= 0.6 is 0 Å². The molecule has 0 amide bonds. The lowest BCUT2D eigenvalue weighted by molar-refractivity contribution is -0.384. The molecule has 15 heavy (non-hydrogen) atoms. The van der Waals surface area contributed by atoms with Gasteiger partial charge in [0.15, 0.2) is 0 Å². The molecule has 0 aliphatic heterocycles. The lowest BCUT2D eigenvalue weighted by Crippen LogP contribution is -1.97. The molecule has 0 spiro atoms. The highest BCUT2D eigenvalue weighted by atomic mass is 16.6. The Morgan fingerprint density at radius 1 is 1.20 bits per heavy atom. The predicted molar refractivity (Wildman–Crippen MR) is 52.2 cm³/mol. The van der Waals surface area contributed by atoms with Crippen LogP contribution in [0.2, 0.25) is 0 Å². The smallest absolute Gasteiger partial charge is 0.352 e. The molecule has 0 bridgehead atoms. The molecule has 0 aromatic heterocycles. The van der Waals surface area contributed by atoms with Crippen LogP contribution in [0.15, 0.2) is 29.4 Å². The third kappa shape index (κ3) is 3.38. The SMILES string of the molecule is O=[N+]([O-])/C=N\Nc1ccc([N+](=O)[O-])cc1. The van der Waals surface area contributed by atoms with Crippen LogP contribution in [0.4, 0.5) is 11.4 Å². The number of anilines is 1. The zero-order valence-corrected chi connectivity index (χ0v) is 7.36. The van der Waals surface area contributed by atoms with Gasteiger partial charge in [-0.15, -0.1) is 0 Å². The van der Waals surface area contributed by atoms with Crippen molar-refractivity contribution in [1.29, 1.82) is 0 Å². The van der Waals surface area contributed by atoms with Crippen molar-refractivity contribution in [3.8, 4) is 0 Å². The summed E-state index contributed by atoms with van der Waals surface area (Å²) in [6.07, 6.45) is 0.488. The first kappa shape index (κ1) is 10.6. The van der Waals surface area contributed by atoms with Crippen molar-refractivity contribution in [1.82, 2.24) is 0 Å². The molecule has 0 saturated carbocycles. The molecule has 78 valence electrons. The largest absolute Gasteiger partial charge is 0.358 e. The van der Waals surface area contributed by atoms with Gasteiger partial charge in [0.25, 0.3) is 5.69 Å². The Hall–Kier alpha value is -2.51. The average molecular weight is 210 g/mol. The summed E-state index contributed by atoms with van der Waals surface area (Å²) >= 11 is 0. The van der Waals surface area contributed by atoms with E-state index in [9.17, 15) is 20.2 Å². The second-order valence-electron chi connectivity index (χ2n) is 2.45. The Labute approximate surface area is 83.5 Å². The number of hydrogen-bond acceptors (Lipinski definition) is 6. The number of benzene rings is 1. The van der Waals surface area contributed by atoms with Crippen LogP contribution in [-0.4, -0.2) is 16.2 Å². The highest BCUT2D eigenvalue weighted by molar-refractivity contribution is 5.52. The van der Waals surface area contributed by atoms with E-state index in [4.69, 9.17) is 0 Å². The van der Waals surface area contributed by atoms with E-state index in [1.165, 1.54) is 24.3 Å². The molecule has 1 aromatic carbocycles. The van der Waals surface area contributed by atoms with Crippen molar-refractivity contribution in [3.05, 3.63) is 44.5 Å². The van der Waals surface area contributed by atoms with Crippen LogP contribution < -0.4 is 5.43 Å². The molecular weight excluding hydrogens is 204 g/mol. The zero-order chi connectivity index (χ0) is 11.3. The summed E-state index contributed by atoms with van der Waals surface area (Å²) in [4.78, 5) is 18.9. The molecule has 0 fully saturated rings. The van der Waals surface area contributed by atoms with E-state index in [0.717, 1.165) is 0 Å². The fourth-order valence-corrected chi connectivity index (χ4v) is 0.808. The lowest BCUT2D eigenvalue weighted by atomic mass is 10.3. The molecule has 0 saturated heterocycles. The molecule has 0 unspecified atom stereocenters. The maximum absolute atomic E-state index is 10.3. The van der Waals surface area contributed by atoms with Crippen LogP contribution in [0.25, 0.3) is 0 Å². The number of nitro groups is 2. The van der Waals surface area contributed by atoms with E-state index in [1.54, 1.807) is 0 Å². The molecule has 1 aromatic rings. The molecule has 0 aliphatic carbocycles. The van der Waals surface area contributed by atoms with Crippen LogP contribution in [0.5, 0.6) is 0 Å². The molecule has 8 heteroatoms. The van der Waals surface area contributed by atoms with Gasteiger partial charge in [0, 0.05) is 17.2 Å². The Kier molecular flexibility index (Phi) is 3.28. The van der Waals surface area contributed by atoms with Gasteiger partial charge in [0.05, 0.1) is 10.6 Å². The van der Waals surface area contributed by atoms with E-state index in [2.05, 4.69) is 10.5 Å². The Morgan fingerprint density at radius 3 is 2.27 bits per heavy atom. The average Bonchev–Trinajstić information content (AvgIpc) is 2.18. The highest BCUT2D eigenvalue weighted by Crippen LogP contribution is 2.14. The number of non-ortho nitro benzene ring substituents is 1. The van der Waals surface area contributed by atoms with Gasteiger partial charge in [-0.3, -0.25) is 10.1 Å². The topological polar surface area (TPSA) is 111 Å². The second kappa shape index (κ2) is 4.65. The molecule has 0 heterocycles. The van der Waals surface area contributed by atoms with E-state index in [0.29, 0.717) is 12.0 Å². The number of nitro benzene ring substituents is 1. The normalized spacial score (nSPS) is 10.1. The minimum absolute atomic E-state index is 0.0567. The zero-order valence-electron chi connectivity index (χ0n) is 7.36. The van der Waals surface area contributed by atoms with Gasteiger partial charge in [-0.25, -0.2) is 0 Å². The molecule has 0 aliphatic rings. The van der Waals surface area contributed by atoms with Crippen LogP contribution in [0.1, 0.15) is 0 Å². The summed E-state index contributed by atoms with van der Waals surface area (Å²) in [5.74, 6) is 0. The Balaban J connectivity index is 2.65. The lowest BCUT2D eigenvalue weighted by Gasteiger charge is -1.93. The summed E-state index contributed by atoms with van der Waals surface area (Å²) in [5, 5.41) is 23.4. The quantitative estimate of drug-likeness (QED) is 0.347. The van der Waals surface area contributed by atoms with Crippen LogP contribution in [0, 0.1) is 20.2 Å². The standard InChI is InChI=1S/C7H6N4O4/c12-10(13)5-8-9-6-1-3-7(4-2-6)11(14)15/h1-5,9H/b8-5-. The van der Waals surface area contributed by atoms with Gasteiger partial charge < -0.3 is 10.1 Å². The molecule has 0 radical (unpaired) electrons. The van der Waals surface area contributed by atoms with Crippen LogP contribution in [0.3, 0.4) is 0 Å². The van der Waals surface area contributed by atoms with Gasteiger partial charge in [-0.05, 0) is 17.1 Å². The van der Waals surface area contributed by atoms with Crippen molar-refractivity contribution >= 4 is 17.7 Å². The first-order valence-electron chi connectivity index (χ1n) is 3.77. The summed E-state index contributed by atoms with van der Waals surface area (Å²) in [6.45, 7) is 0. The number of hydrogen-bond donors (Lipinski definition) is 1. The molecule has 0 atom stereocenters. The summed E-state index contributed by atoms with van der Waals surface area (Å²) < 4.78 is 0. The Bertz CT molecular complexity index is 400. The van der Waals surface area contributed by atoms with Crippen LogP contribution in [-0.2, 0) is 0 Å². The first-order valence-corrected chi connectivity index (χ1v) is 3.77. The number of hydrazone groups is 1. The predicted octanol–water partition coefficient (Wildman–Crippen LogP) is 1.23. The number of nitrogens with one attached hydrogen (secondary N) is 1. The van der Waals surface area contributed by atoms with Gasteiger partial charge in [0.2, 0.25) is 0 Å². The van der Waals surface area contributed by atoms with Crippen molar-refractivity contribution in [2.24, 2.45) is 5.10 Å². The van der Waals surface area contributed by atoms with Crippen molar-refractivity contribution in [2.45, 2.75) is 0 Å². The van der Waals surface area contributed by atoms with Gasteiger partial charge in [-0.2, -0.15) is 5.43 Å². The number of rotatable bonds is 4. The Morgan fingerprint density at radius 2 is 1.80 bits per heavy atom. The summed E-state index contributed by atoms with van der Waals surface area (Å²) in [5.41, 5.74) is 2.72. The van der Waals surface area contributed by atoms with E-state index < -0.39 is 9.85 Å². The fourth-order valence-electron chi connectivity index (χ4n) is 0.808. The first-order chi connectivity index (χ1) is 7.09. The maximum Gasteiger partial charge on any atom is 0.352 e. The highest BCUT2D eigenvalue weighted by Gasteiger charge is 2.03. The second-order valence-corrected chi connectivity index (χ2v) is 2.45. The minimum Gasteiger partial charge on any atom is -0.358 e. The molecule has 8 nitrogen and oxygen atoms in total. The summed E-state index contributed by atoms with van der Waals surface area (Å²) in [7, 11) is 0.